The minimum Gasteiger partial charge on any atom is -0.444 e. The van der Waals surface area contributed by atoms with Crippen LogP contribution in [0.3, 0.4) is 0 Å². The van der Waals surface area contributed by atoms with Gasteiger partial charge in [-0.1, -0.05) is 23.7 Å². The average molecular weight is 523 g/mol. The van der Waals surface area contributed by atoms with Crippen molar-refractivity contribution in [1.29, 1.82) is 0 Å². The molecule has 0 radical (unpaired) electrons. The van der Waals surface area contributed by atoms with E-state index in [0.717, 1.165) is 23.6 Å². The molecule has 4 rings (SSSR count). The van der Waals surface area contributed by atoms with Gasteiger partial charge in [0.2, 0.25) is 10.0 Å². The highest BCUT2D eigenvalue weighted by molar-refractivity contribution is 7.89. The molecule has 1 atom stereocenters. The molecule has 2 fully saturated rings. The van der Waals surface area contributed by atoms with Gasteiger partial charge in [0.25, 0.3) is 5.91 Å². The molecule has 1 unspecified atom stereocenters. The number of piperazine rings is 1. The van der Waals surface area contributed by atoms with E-state index in [1.165, 1.54) is 15.4 Å². The van der Waals surface area contributed by atoms with E-state index < -0.39 is 27.9 Å². The lowest BCUT2D eigenvalue weighted by atomic mass is 10.1. The maximum absolute atomic E-state index is 13.3. The van der Waals surface area contributed by atoms with Crippen molar-refractivity contribution < 1.29 is 22.7 Å². The van der Waals surface area contributed by atoms with E-state index in [0.29, 0.717) is 18.0 Å². The second kappa shape index (κ2) is 9.93. The number of fused-ring (bicyclic) bond motifs is 1. The molecule has 0 aliphatic carbocycles. The summed E-state index contributed by atoms with van der Waals surface area (Å²) in [5.41, 5.74) is 2.52. The number of piperidine rings is 1. The van der Waals surface area contributed by atoms with Gasteiger partial charge < -0.3 is 4.74 Å². The summed E-state index contributed by atoms with van der Waals surface area (Å²) >= 11 is 6.02. The fourth-order valence-corrected chi connectivity index (χ4v) is 5.88. The summed E-state index contributed by atoms with van der Waals surface area (Å²) in [6.45, 7) is 5.98. The van der Waals surface area contributed by atoms with Gasteiger partial charge in [0.15, 0.2) is 0 Å². The van der Waals surface area contributed by atoms with Gasteiger partial charge in [-0.25, -0.2) is 18.6 Å². The van der Waals surface area contributed by atoms with Crippen molar-refractivity contribution in [2.75, 3.05) is 26.2 Å². The molecule has 11 heteroatoms. The number of likely N-dealkylation sites (tertiary alicyclic amines) is 1. The van der Waals surface area contributed by atoms with Crippen molar-refractivity contribution >= 4 is 44.4 Å². The number of rotatable bonds is 4. The first-order chi connectivity index (χ1) is 16.4. The van der Waals surface area contributed by atoms with Gasteiger partial charge in [-0.15, -0.1) is 0 Å². The molecule has 1 N–H and O–H groups in total. The van der Waals surface area contributed by atoms with Crippen LogP contribution in [0.4, 0.5) is 4.79 Å². The van der Waals surface area contributed by atoms with Crippen LogP contribution in [0.5, 0.6) is 0 Å². The van der Waals surface area contributed by atoms with Crippen LogP contribution in [0.1, 0.15) is 40.0 Å². The summed E-state index contributed by atoms with van der Waals surface area (Å²) in [6, 6.07) is 10.1. The third-order valence-corrected chi connectivity index (χ3v) is 8.11. The minimum atomic E-state index is -3.86. The highest BCUT2D eigenvalue weighted by Gasteiger charge is 2.36. The molecule has 2 heterocycles. The average Bonchev–Trinajstić information content (AvgIpc) is 2.79. The molecule has 2 saturated heterocycles. The third-order valence-electron chi connectivity index (χ3n) is 6.03. The van der Waals surface area contributed by atoms with E-state index in [-0.39, 0.29) is 30.4 Å². The predicted octanol–water partition coefficient (Wildman–Crippen LogP) is 3.58. The van der Waals surface area contributed by atoms with E-state index in [4.69, 9.17) is 16.3 Å². The first-order valence-corrected chi connectivity index (χ1v) is 13.5. The Labute approximate surface area is 211 Å². The third kappa shape index (κ3) is 5.88. The smallest absolute Gasteiger partial charge is 0.411 e. The minimum absolute atomic E-state index is 0.130. The number of nitrogens with zero attached hydrogens (tertiary/aromatic N) is 3. The molecule has 35 heavy (non-hydrogen) atoms. The second-order valence-electron chi connectivity index (χ2n) is 9.85. The second-order valence-corrected chi connectivity index (χ2v) is 12.2. The normalized spacial score (nSPS) is 20.3. The number of nitrogens with one attached hydrogen (secondary N) is 1. The summed E-state index contributed by atoms with van der Waals surface area (Å²) < 4.78 is 33.2. The fourth-order valence-electron chi connectivity index (χ4n) is 4.28. The molecule has 9 nitrogen and oxygen atoms in total. The van der Waals surface area contributed by atoms with Crippen LogP contribution >= 0.6 is 11.6 Å². The number of sulfonamides is 1. The summed E-state index contributed by atoms with van der Waals surface area (Å²) in [4.78, 5) is 27.3. The van der Waals surface area contributed by atoms with Gasteiger partial charge in [0.1, 0.15) is 11.8 Å². The largest absolute Gasteiger partial charge is 0.444 e. The first-order valence-electron chi connectivity index (χ1n) is 11.7. The predicted molar refractivity (Wildman–Crippen MR) is 133 cm³/mol. The van der Waals surface area contributed by atoms with Crippen molar-refractivity contribution in [2.45, 2.75) is 56.7 Å². The van der Waals surface area contributed by atoms with E-state index in [2.05, 4.69) is 5.43 Å². The molecule has 0 bridgehead atoms. The summed E-state index contributed by atoms with van der Waals surface area (Å²) in [5, 5.41) is 3.58. The van der Waals surface area contributed by atoms with Gasteiger partial charge >= 0.3 is 6.09 Å². The lowest BCUT2D eigenvalue weighted by Gasteiger charge is -2.41. The van der Waals surface area contributed by atoms with E-state index in [1.54, 1.807) is 35.2 Å². The molecule has 2 aliphatic heterocycles. The Kier molecular flexibility index (Phi) is 7.28. The highest BCUT2D eigenvalue weighted by Crippen LogP contribution is 2.26. The SMILES string of the molecule is CC(C)(C)OC(=O)N1CCCCC1NN1CCN(S(=O)(=O)c2ccc3cc(Cl)ccc3c2)CC1=O. The van der Waals surface area contributed by atoms with Crippen molar-refractivity contribution in [1.82, 2.24) is 19.6 Å². The number of benzene rings is 2. The van der Waals surface area contributed by atoms with Crippen LogP contribution < -0.4 is 5.43 Å². The number of hydrogen-bond donors (Lipinski definition) is 1. The van der Waals surface area contributed by atoms with Crippen LogP contribution in [0.15, 0.2) is 41.3 Å². The van der Waals surface area contributed by atoms with Gasteiger partial charge in [0, 0.05) is 18.1 Å². The van der Waals surface area contributed by atoms with Crippen molar-refractivity contribution in [2.24, 2.45) is 0 Å². The van der Waals surface area contributed by atoms with Crippen molar-refractivity contribution in [3.63, 3.8) is 0 Å². The Bertz CT molecular complexity index is 1230. The fraction of sp³-hybridized carbons (Fsp3) is 0.500. The summed E-state index contributed by atoms with van der Waals surface area (Å²) in [5.74, 6) is -0.373. The van der Waals surface area contributed by atoms with Crippen LogP contribution in [0.25, 0.3) is 10.8 Å². The number of halogens is 1. The maximum atomic E-state index is 13.3. The molecule has 2 aromatic carbocycles. The van der Waals surface area contributed by atoms with Crippen molar-refractivity contribution in [3.8, 4) is 0 Å². The van der Waals surface area contributed by atoms with Gasteiger partial charge in [-0.3, -0.25) is 14.7 Å². The van der Waals surface area contributed by atoms with Crippen LogP contribution in [-0.2, 0) is 19.6 Å². The molecule has 2 aromatic rings. The quantitative estimate of drug-likeness (QED) is 0.659. The molecule has 2 aliphatic rings. The van der Waals surface area contributed by atoms with Crippen LogP contribution in [-0.4, -0.2) is 72.6 Å². The standard InChI is InChI=1S/C24H31ClN4O5S/c1-24(2,3)34-23(31)28-11-5-4-6-21(28)26-29-13-12-27(16-22(29)30)35(32,33)20-10-8-17-14-19(25)9-7-18(17)15-20/h7-10,14-15,21,26H,4-6,11-13,16H2,1-3H3. The van der Waals surface area contributed by atoms with Gasteiger partial charge in [-0.05, 0) is 75.1 Å². The molecule has 2 amide bonds. The Morgan fingerprint density at radius 2 is 1.77 bits per heavy atom. The molecular formula is C24H31ClN4O5S. The monoisotopic (exact) mass is 522 g/mol. The van der Waals surface area contributed by atoms with Crippen molar-refractivity contribution in [3.05, 3.63) is 41.4 Å². The Balaban J connectivity index is 1.43. The number of hydrazine groups is 1. The molecule has 0 aromatic heterocycles. The number of carbonyl (C=O) groups is 2. The van der Waals surface area contributed by atoms with Crippen LogP contribution in [0, 0.1) is 0 Å². The lowest BCUT2D eigenvalue weighted by molar-refractivity contribution is -0.140. The van der Waals surface area contributed by atoms with Gasteiger partial charge in [0.05, 0.1) is 18.0 Å². The summed E-state index contributed by atoms with van der Waals surface area (Å²) in [6.07, 6.45) is 1.62. The molecule has 0 saturated carbocycles. The van der Waals surface area contributed by atoms with E-state index in [1.807, 2.05) is 20.8 Å². The summed E-state index contributed by atoms with van der Waals surface area (Å²) in [7, 11) is -3.86. The first kappa shape index (κ1) is 25.7. The Morgan fingerprint density at radius 3 is 2.49 bits per heavy atom. The zero-order valence-electron chi connectivity index (χ0n) is 20.2. The molecular weight excluding hydrogens is 492 g/mol. The maximum Gasteiger partial charge on any atom is 0.411 e. The molecule has 190 valence electrons. The van der Waals surface area contributed by atoms with E-state index in [9.17, 15) is 18.0 Å². The lowest BCUT2D eigenvalue weighted by Crippen LogP contribution is -2.63. The number of hydrogen-bond acceptors (Lipinski definition) is 6. The van der Waals surface area contributed by atoms with E-state index >= 15 is 0 Å². The Hall–Kier alpha value is -2.40. The highest BCUT2D eigenvalue weighted by atomic mass is 35.5. The van der Waals surface area contributed by atoms with Crippen LogP contribution in [0.2, 0.25) is 5.02 Å². The zero-order valence-corrected chi connectivity index (χ0v) is 21.7. The Morgan fingerprint density at radius 1 is 1.06 bits per heavy atom. The number of carbonyl (C=O) groups excluding carboxylic acids is 2. The topological polar surface area (TPSA) is 99.3 Å². The molecule has 0 spiro atoms. The number of ether oxygens (including phenoxy) is 1. The zero-order chi connectivity index (χ0) is 25.4. The van der Waals surface area contributed by atoms with Gasteiger partial charge in [-0.2, -0.15) is 4.31 Å². The number of amides is 2.